The van der Waals surface area contributed by atoms with Crippen molar-refractivity contribution in [2.45, 2.75) is 25.8 Å². The number of hydrogen-bond acceptors (Lipinski definition) is 3. The number of hydrogen-bond donors (Lipinski definition) is 1. The van der Waals surface area contributed by atoms with Crippen LogP contribution in [-0.2, 0) is 7.05 Å². The van der Waals surface area contributed by atoms with Gasteiger partial charge in [0.25, 0.3) is 0 Å². The van der Waals surface area contributed by atoms with Crippen LogP contribution in [-0.4, -0.2) is 28.7 Å². The van der Waals surface area contributed by atoms with E-state index in [1.807, 2.05) is 14.0 Å². The lowest BCUT2D eigenvalue weighted by Crippen LogP contribution is -2.36. The number of aryl methyl sites for hydroxylation is 2. The molecule has 1 atom stereocenters. The van der Waals surface area contributed by atoms with Gasteiger partial charge in [-0.05, 0) is 19.8 Å². The Hall–Kier alpha value is -1.03. The number of anilines is 1. The fraction of sp³-hybridized carbons (Fsp3) is 0.700. The number of aromatic nitrogens is 2. The number of rotatable bonds is 2. The van der Waals surface area contributed by atoms with E-state index in [0.717, 1.165) is 24.7 Å². The Morgan fingerprint density at radius 1 is 1.64 bits per heavy atom. The average Bonchev–Trinajstić information content (AvgIpc) is 2.71. The highest BCUT2D eigenvalue weighted by Crippen LogP contribution is 2.23. The molecular weight excluding hydrogens is 176 g/mol. The zero-order valence-corrected chi connectivity index (χ0v) is 8.90. The predicted molar refractivity (Wildman–Crippen MR) is 57.4 cm³/mol. The Bertz CT molecular complexity index is 318. The van der Waals surface area contributed by atoms with Crippen LogP contribution < -0.4 is 10.6 Å². The van der Waals surface area contributed by atoms with E-state index in [-0.39, 0.29) is 0 Å². The molecule has 4 heteroatoms. The molecular formula is C10H18N4. The molecule has 1 aliphatic heterocycles. The molecule has 2 heterocycles. The van der Waals surface area contributed by atoms with E-state index < -0.39 is 0 Å². The molecule has 1 aromatic rings. The minimum atomic E-state index is 0.482. The second-order valence-corrected chi connectivity index (χ2v) is 4.02. The molecule has 1 unspecified atom stereocenters. The van der Waals surface area contributed by atoms with E-state index in [0.29, 0.717) is 6.04 Å². The van der Waals surface area contributed by atoms with E-state index in [4.69, 9.17) is 5.73 Å². The Kier molecular flexibility index (Phi) is 2.46. The molecule has 1 aliphatic rings. The monoisotopic (exact) mass is 194 g/mol. The Labute approximate surface area is 84.7 Å². The zero-order valence-electron chi connectivity index (χ0n) is 8.90. The van der Waals surface area contributed by atoms with E-state index in [1.165, 1.54) is 12.8 Å². The van der Waals surface area contributed by atoms with E-state index >= 15 is 0 Å². The fourth-order valence-corrected chi connectivity index (χ4v) is 2.21. The minimum absolute atomic E-state index is 0.482. The van der Waals surface area contributed by atoms with E-state index in [2.05, 4.69) is 20.6 Å². The second kappa shape index (κ2) is 3.61. The molecule has 14 heavy (non-hydrogen) atoms. The summed E-state index contributed by atoms with van der Waals surface area (Å²) in [6.45, 7) is 3.84. The maximum absolute atomic E-state index is 5.74. The van der Waals surface area contributed by atoms with Gasteiger partial charge in [0.15, 0.2) is 0 Å². The van der Waals surface area contributed by atoms with Crippen molar-refractivity contribution in [3.05, 3.63) is 11.9 Å². The first kappa shape index (κ1) is 9.52. The highest BCUT2D eigenvalue weighted by atomic mass is 15.3. The van der Waals surface area contributed by atoms with Gasteiger partial charge in [0, 0.05) is 32.4 Å². The highest BCUT2D eigenvalue weighted by Gasteiger charge is 2.26. The minimum Gasteiger partial charge on any atom is -0.338 e. The Morgan fingerprint density at radius 2 is 2.43 bits per heavy atom. The second-order valence-electron chi connectivity index (χ2n) is 4.02. The van der Waals surface area contributed by atoms with Crippen molar-refractivity contribution in [1.82, 2.24) is 9.55 Å². The summed E-state index contributed by atoms with van der Waals surface area (Å²) < 4.78 is 2.09. The summed E-state index contributed by atoms with van der Waals surface area (Å²) in [5, 5.41) is 0. The van der Waals surface area contributed by atoms with Gasteiger partial charge >= 0.3 is 0 Å². The quantitative estimate of drug-likeness (QED) is 0.752. The van der Waals surface area contributed by atoms with Crippen LogP contribution in [0.1, 0.15) is 18.5 Å². The average molecular weight is 194 g/mol. The molecule has 1 fully saturated rings. The third-order valence-electron chi connectivity index (χ3n) is 2.88. The van der Waals surface area contributed by atoms with Gasteiger partial charge in [0.2, 0.25) is 5.95 Å². The molecule has 0 radical (unpaired) electrons. The Balaban J connectivity index is 2.25. The van der Waals surface area contributed by atoms with Crippen LogP contribution in [0.15, 0.2) is 6.20 Å². The summed E-state index contributed by atoms with van der Waals surface area (Å²) in [6.07, 6.45) is 4.48. The van der Waals surface area contributed by atoms with Crippen LogP contribution in [0.4, 0.5) is 5.95 Å². The van der Waals surface area contributed by atoms with Gasteiger partial charge in [0.1, 0.15) is 0 Å². The van der Waals surface area contributed by atoms with Crippen molar-refractivity contribution < 1.29 is 0 Å². The predicted octanol–water partition coefficient (Wildman–Crippen LogP) is 0.656. The summed E-state index contributed by atoms with van der Waals surface area (Å²) >= 11 is 0. The lowest BCUT2D eigenvalue weighted by molar-refractivity contribution is 0.653. The number of imidazole rings is 1. The van der Waals surface area contributed by atoms with Crippen molar-refractivity contribution >= 4 is 5.95 Å². The molecule has 0 bridgehead atoms. The van der Waals surface area contributed by atoms with Crippen molar-refractivity contribution in [2.75, 3.05) is 18.0 Å². The van der Waals surface area contributed by atoms with Crippen LogP contribution in [0.2, 0.25) is 0 Å². The van der Waals surface area contributed by atoms with E-state index in [1.54, 1.807) is 0 Å². The standard InChI is InChI=1S/C10H18N4/c1-8-7-13(2)10(12-8)14-5-3-4-9(14)6-11/h7,9H,3-6,11H2,1-2H3. The van der Waals surface area contributed by atoms with Crippen molar-refractivity contribution in [3.63, 3.8) is 0 Å². The number of nitrogens with zero attached hydrogens (tertiary/aromatic N) is 3. The van der Waals surface area contributed by atoms with Gasteiger partial charge in [-0.2, -0.15) is 0 Å². The van der Waals surface area contributed by atoms with Crippen molar-refractivity contribution in [3.8, 4) is 0 Å². The maximum Gasteiger partial charge on any atom is 0.205 e. The lowest BCUT2D eigenvalue weighted by Gasteiger charge is -2.24. The van der Waals surface area contributed by atoms with Gasteiger partial charge in [0.05, 0.1) is 5.69 Å². The fourth-order valence-electron chi connectivity index (χ4n) is 2.21. The third kappa shape index (κ3) is 1.50. The number of nitrogens with two attached hydrogens (primary N) is 1. The van der Waals surface area contributed by atoms with Gasteiger partial charge in [-0.1, -0.05) is 0 Å². The summed E-state index contributed by atoms with van der Waals surface area (Å²) in [5.41, 5.74) is 6.81. The molecule has 78 valence electrons. The van der Waals surface area contributed by atoms with Crippen LogP contribution in [0.5, 0.6) is 0 Å². The SMILES string of the molecule is Cc1cn(C)c(N2CCCC2CN)n1. The van der Waals surface area contributed by atoms with Gasteiger partial charge in [-0.3, -0.25) is 0 Å². The van der Waals surface area contributed by atoms with Crippen LogP contribution in [0.3, 0.4) is 0 Å². The normalized spacial score (nSPS) is 21.9. The first-order valence-electron chi connectivity index (χ1n) is 5.19. The molecule has 1 aromatic heterocycles. The van der Waals surface area contributed by atoms with Crippen molar-refractivity contribution in [1.29, 1.82) is 0 Å². The summed E-state index contributed by atoms with van der Waals surface area (Å²) in [7, 11) is 2.04. The lowest BCUT2D eigenvalue weighted by atomic mass is 10.2. The Morgan fingerprint density at radius 3 is 3.00 bits per heavy atom. The molecule has 0 aromatic carbocycles. The zero-order chi connectivity index (χ0) is 10.1. The first-order valence-corrected chi connectivity index (χ1v) is 5.19. The highest BCUT2D eigenvalue weighted by molar-refractivity contribution is 5.36. The van der Waals surface area contributed by atoms with Gasteiger partial charge in [-0.15, -0.1) is 0 Å². The van der Waals surface area contributed by atoms with Gasteiger partial charge < -0.3 is 15.2 Å². The molecule has 0 spiro atoms. The topological polar surface area (TPSA) is 47.1 Å². The van der Waals surface area contributed by atoms with Crippen LogP contribution in [0, 0.1) is 6.92 Å². The maximum atomic E-state index is 5.74. The third-order valence-corrected chi connectivity index (χ3v) is 2.88. The molecule has 0 amide bonds. The largest absolute Gasteiger partial charge is 0.338 e. The summed E-state index contributed by atoms with van der Waals surface area (Å²) in [4.78, 5) is 6.85. The molecule has 2 N–H and O–H groups in total. The molecule has 4 nitrogen and oxygen atoms in total. The summed E-state index contributed by atoms with van der Waals surface area (Å²) in [5.74, 6) is 1.07. The summed E-state index contributed by atoms with van der Waals surface area (Å²) in [6, 6.07) is 0.482. The van der Waals surface area contributed by atoms with Crippen molar-refractivity contribution in [2.24, 2.45) is 12.8 Å². The molecule has 2 rings (SSSR count). The van der Waals surface area contributed by atoms with Crippen LogP contribution >= 0.6 is 0 Å². The first-order chi connectivity index (χ1) is 6.72. The van der Waals surface area contributed by atoms with Gasteiger partial charge in [-0.25, -0.2) is 4.98 Å². The molecule has 1 saturated heterocycles. The van der Waals surface area contributed by atoms with E-state index in [9.17, 15) is 0 Å². The van der Waals surface area contributed by atoms with Crippen LogP contribution in [0.25, 0.3) is 0 Å². The smallest absolute Gasteiger partial charge is 0.205 e. The molecule has 0 aliphatic carbocycles. The molecule has 0 saturated carbocycles.